The van der Waals surface area contributed by atoms with E-state index in [1.54, 1.807) is 30.7 Å². The van der Waals surface area contributed by atoms with Gasteiger partial charge in [-0.2, -0.15) is 8.42 Å². The number of sulfonamides is 1. The Balaban J connectivity index is 2.31. The average Bonchev–Trinajstić information content (AvgIpc) is 2.70. The van der Waals surface area contributed by atoms with E-state index in [0.29, 0.717) is 17.2 Å². The smallest absolute Gasteiger partial charge is 0.280 e. The Bertz CT molecular complexity index is 715. The van der Waals surface area contributed by atoms with Crippen molar-refractivity contribution in [2.24, 2.45) is 7.05 Å². The van der Waals surface area contributed by atoms with Crippen molar-refractivity contribution < 1.29 is 8.42 Å². The lowest BCUT2D eigenvalue weighted by Gasteiger charge is -2.08. The van der Waals surface area contributed by atoms with Crippen molar-refractivity contribution in [1.82, 2.24) is 9.55 Å². The summed E-state index contributed by atoms with van der Waals surface area (Å²) in [6.07, 6.45) is 2.28. The second-order valence-corrected chi connectivity index (χ2v) is 6.24. The van der Waals surface area contributed by atoms with Crippen molar-refractivity contribution in [2.45, 2.75) is 25.3 Å². The Morgan fingerprint density at radius 1 is 1.40 bits per heavy atom. The van der Waals surface area contributed by atoms with E-state index in [1.165, 1.54) is 6.20 Å². The van der Waals surface area contributed by atoms with Crippen LogP contribution in [0, 0.1) is 6.92 Å². The van der Waals surface area contributed by atoms with Gasteiger partial charge in [-0.15, -0.1) is 0 Å². The minimum absolute atomic E-state index is 0.00404. The Labute approximate surface area is 118 Å². The predicted molar refractivity (Wildman–Crippen MR) is 79.0 cm³/mol. The number of nitrogen functional groups attached to an aromatic ring is 1. The van der Waals surface area contributed by atoms with Crippen molar-refractivity contribution >= 4 is 21.4 Å². The summed E-state index contributed by atoms with van der Waals surface area (Å²) in [5.74, 6) is 0.631. The van der Waals surface area contributed by atoms with E-state index in [4.69, 9.17) is 5.73 Å². The molecule has 0 atom stereocenters. The molecule has 2 aromatic rings. The van der Waals surface area contributed by atoms with Crippen LogP contribution in [0.25, 0.3) is 0 Å². The molecule has 0 unspecified atom stereocenters. The maximum atomic E-state index is 12.2. The predicted octanol–water partition coefficient (Wildman–Crippen LogP) is 1.67. The third kappa shape index (κ3) is 2.77. The summed E-state index contributed by atoms with van der Waals surface area (Å²) < 4.78 is 28.5. The molecule has 2 rings (SSSR count). The van der Waals surface area contributed by atoms with Crippen molar-refractivity contribution in [3.05, 3.63) is 35.8 Å². The first-order chi connectivity index (χ1) is 9.33. The van der Waals surface area contributed by atoms with Gasteiger partial charge in [0, 0.05) is 18.9 Å². The summed E-state index contributed by atoms with van der Waals surface area (Å²) >= 11 is 0. The highest BCUT2D eigenvalue weighted by Gasteiger charge is 2.18. The van der Waals surface area contributed by atoms with Gasteiger partial charge in [-0.3, -0.25) is 4.72 Å². The van der Waals surface area contributed by atoms with Crippen LogP contribution in [0.4, 0.5) is 11.4 Å². The number of aromatic nitrogens is 2. The lowest BCUT2D eigenvalue weighted by Crippen LogP contribution is -2.13. The molecule has 0 aliphatic carbocycles. The van der Waals surface area contributed by atoms with Gasteiger partial charge in [0.15, 0.2) is 5.03 Å². The molecular formula is C13H18N4O2S. The molecule has 0 saturated heterocycles. The van der Waals surface area contributed by atoms with E-state index in [9.17, 15) is 8.42 Å². The normalized spacial score (nSPS) is 11.6. The van der Waals surface area contributed by atoms with Crippen LogP contribution in [-0.4, -0.2) is 18.0 Å². The minimum atomic E-state index is -3.69. The van der Waals surface area contributed by atoms with Crippen LogP contribution < -0.4 is 10.5 Å². The number of nitrogens with two attached hydrogens (primary N) is 1. The second-order valence-electron chi connectivity index (χ2n) is 4.61. The molecule has 108 valence electrons. The maximum Gasteiger partial charge on any atom is 0.280 e. The third-order valence-electron chi connectivity index (χ3n) is 3.14. The summed E-state index contributed by atoms with van der Waals surface area (Å²) in [4.78, 5) is 4.02. The topological polar surface area (TPSA) is 90.0 Å². The van der Waals surface area contributed by atoms with Gasteiger partial charge in [0.25, 0.3) is 10.0 Å². The molecule has 0 amide bonds. The van der Waals surface area contributed by atoms with Crippen molar-refractivity contribution in [1.29, 1.82) is 0 Å². The molecule has 1 heterocycles. The molecule has 0 bridgehead atoms. The van der Waals surface area contributed by atoms with E-state index in [0.717, 1.165) is 12.0 Å². The first kappa shape index (κ1) is 14.4. The molecule has 3 N–H and O–H groups in total. The fourth-order valence-electron chi connectivity index (χ4n) is 1.84. The number of nitrogens with one attached hydrogen (secondary N) is 1. The number of benzene rings is 1. The highest BCUT2D eigenvalue weighted by molar-refractivity contribution is 7.92. The summed E-state index contributed by atoms with van der Waals surface area (Å²) in [5.41, 5.74) is 7.86. The highest BCUT2D eigenvalue weighted by atomic mass is 32.2. The molecule has 7 heteroatoms. The van der Waals surface area contributed by atoms with Crippen LogP contribution in [0.1, 0.15) is 18.3 Å². The lowest BCUT2D eigenvalue weighted by molar-refractivity contribution is 0.598. The van der Waals surface area contributed by atoms with Gasteiger partial charge in [-0.1, -0.05) is 13.0 Å². The van der Waals surface area contributed by atoms with E-state index in [1.807, 2.05) is 13.0 Å². The second kappa shape index (κ2) is 5.16. The SMILES string of the molecule is CCc1ccc(NS(=O)(=O)c2cn(C)c(C)n2)cc1N. The first-order valence-corrected chi connectivity index (χ1v) is 7.73. The van der Waals surface area contributed by atoms with E-state index in [2.05, 4.69) is 9.71 Å². The van der Waals surface area contributed by atoms with Gasteiger partial charge in [0.05, 0.1) is 5.69 Å². The van der Waals surface area contributed by atoms with Gasteiger partial charge in [0.2, 0.25) is 0 Å². The van der Waals surface area contributed by atoms with Gasteiger partial charge in [0.1, 0.15) is 5.82 Å². The molecule has 0 saturated carbocycles. The maximum absolute atomic E-state index is 12.2. The van der Waals surface area contributed by atoms with E-state index >= 15 is 0 Å². The van der Waals surface area contributed by atoms with Crippen molar-refractivity contribution in [3.63, 3.8) is 0 Å². The number of hydrogen-bond donors (Lipinski definition) is 2. The zero-order valence-electron chi connectivity index (χ0n) is 11.7. The first-order valence-electron chi connectivity index (χ1n) is 6.24. The number of imidazole rings is 1. The Morgan fingerprint density at radius 3 is 2.60 bits per heavy atom. The van der Waals surface area contributed by atoms with Crippen LogP contribution in [-0.2, 0) is 23.5 Å². The van der Waals surface area contributed by atoms with Crippen molar-refractivity contribution in [2.75, 3.05) is 10.5 Å². The molecule has 0 radical (unpaired) electrons. The quantitative estimate of drug-likeness (QED) is 0.839. The Kier molecular flexibility index (Phi) is 3.71. The third-order valence-corrected chi connectivity index (χ3v) is 4.39. The number of aryl methyl sites for hydroxylation is 3. The zero-order valence-corrected chi connectivity index (χ0v) is 12.5. The van der Waals surface area contributed by atoms with Crippen LogP contribution in [0.2, 0.25) is 0 Å². The van der Waals surface area contributed by atoms with Gasteiger partial charge in [-0.05, 0) is 31.0 Å². The minimum Gasteiger partial charge on any atom is -0.398 e. The Hall–Kier alpha value is -2.02. The van der Waals surface area contributed by atoms with Gasteiger partial charge in [-0.25, -0.2) is 4.98 Å². The van der Waals surface area contributed by atoms with Crippen LogP contribution >= 0.6 is 0 Å². The summed E-state index contributed by atoms with van der Waals surface area (Å²) in [6, 6.07) is 5.13. The van der Waals surface area contributed by atoms with Crippen LogP contribution in [0.5, 0.6) is 0 Å². The highest BCUT2D eigenvalue weighted by Crippen LogP contribution is 2.21. The van der Waals surface area contributed by atoms with Crippen molar-refractivity contribution in [3.8, 4) is 0 Å². The van der Waals surface area contributed by atoms with Gasteiger partial charge >= 0.3 is 0 Å². The molecule has 20 heavy (non-hydrogen) atoms. The molecule has 0 aliphatic heterocycles. The molecule has 0 spiro atoms. The van der Waals surface area contributed by atoms with Crippen LogP contribution in [0.15, 0.2) is 29.4 Å². The number of rotatable bonds is 4. The molecule has 6 nitrogen and oxygen atoms in total. The Morgan fingerprint density at radius 2 is 2.10 bits per heavy atom. The van der Waals surface area contributed by atoms with E-state index < -0.39 is 10.0 Å². The molecule has 0 aliphatic rings. The lowest BCUT2D eigenvalue weighted by atomic mass is 10.1. The zero-order chi connectivity index (χ0) is 14.9. The summed E-state index contributed by atoms with van der Waals surface area (Å²) in [6.45, 7) is 3.74. The monoisotopic (exact) mass is 294 g/mol. The molecular weight excluding hydrogens is 276 g/mol. The molecule has 1 aromatic heterocycles. The standard InChI is InChI=1S/C13H18N4O2S/c1-4-10-5-6-11(7-12(10)14)16-20(18,19)13-8-17(3)9(2)15-13/h5-8,16H,4,14H2,1-3H3. The summed E-state index contributed by atoms with van der Waals surface area (Å²) in [7, 11) is -1.94. The fraction of sp³-hybridized carbons (Fsp3) is 0.308. The average molecular weight is 294 g/mol. The number of anilines is 2. The number of hydrogen-bond acceptors (Lipinski definition) is 4. The van der Waals surface area contributed by atoms with Gasteiger partial charge < -0.3 is 10.3 Å². The molecule has 0 fully saturated rings. The van der Waals surface area contributed by atoms with E-state index in [-0.39, 0.29) is 5.03 Å². The largest absolute Gasteiger partial charge is 0.398 e. The fourth-order valence-corrected chi connectivity index (χ4v) is 2.93. The number of nitrogens with zero attached hydrogens (tertiary/aromatic N) is 2. The molecule has 1 aromatic carbocycles. The summed E-state index contributed by atoms with van der Waals surface area (Å²) in [5, 5.41) is -0.00404. The van der Waals surface area contributed by atoms with Crippen LogP contribution in [0.3, 0.4) is 0 Å².